The molecule has 0 bridgehead atoms. The van der Waals surface area contributed by atoms with E-state index in [1.54, 1.807) is 0 Å². The fourth-order valence-corrected chi connectivity index (χ4v) is 3.07. The average molecular weight is 357 g/mol. The minimum Gasteiger partial charge on any atom is -0.381 e. The third-order valence-corrected chi connectivity index (χ3v) is 4.75. The Balaban J connectivity index is 2.17. The van der Waals surface area contributed by atoms with Gasteiger partial charge in [-0.15, -0.1) is 0 Å². The molecule has 0 saturated carbocycles. The summed E-state index contributed by atoms with van der Waals surface area (Å²) in [4.78, 5) is 7.15. The summed E-state index contributed by atoms with van der Waals surface area (Å²) >= 11 is 0. The number of nitrogens with zero attached hydrogens (tertiary/aromatic N) is 2. The van der Waals surface area contributed by atoms with Gasteiger partial charge < -0.3 is 20.1 Å². The van der Waals surface area contributed by atoms with E-state index in [0.717, 1.165) is 84.4 Å². The van der Waals surface area contributed by atoms with Gasteiger partial charge in [-0.25, -0.2) is 0 Å². The molecule has 0 aromatic heterocycles. The smallest absolute Gasteiger partial charge is 0.191 e. The van der Waals surface area contributed by atoms with Gasteiger partial charge in [-0.05, 0) is 52.1 Å². The molecule has 0 spiro atoms. The van der Waals surface area contributed by atoms with Crippen LogP contribution in [-0.4, -0.2) is 76.1 Å². The van der Waals surface area contributed by atoms with Crippen LogP contribution in [0.4, 0.5) is 0 Å². The lowest BCUT2D eigenvalue weighted by molar-refractivity contribution is 0.0203. The molecule has 1 saturated heterocycles. The van der Waals surface area contributed by atoms with Crippen molar-refractivity contribution in [1.29, 1.82) is 0 Å². The van der Waals surface area contributed by atoms with E-state index in [1.165, 1.54) is 0 Å². The molecule has 0 aromatic rings. The number of nitrogens with one attached hydrogen (secondary N) is 2. The van der Waals surface area contributed by atoms with Gasteiger partial charge in [-0.3, -0.25) is 9.89 Å². The predicted octanol–water partition coefficient (Wildman–Crippen LogP) is 2.11. The normalized spacial score (nSPS) is 17.7. The van der Waals surface area contributed by atoms with E-state index in [4.69, 9.17) is 14.5 Å². The first kappa shape index (κ1) is 22.2. The Morgan fingerprint density at radius 3 is 2.56 bits per heavy atom. The number of guanidine groups is 1. The summed E-state index contributed by atoms with van der Waals surface area (Å²) in [5, 5.41) is 6.73. The van der Waals surface area contributed by atoms with Gasteiger partial charge in [0.15, 0.2) is 5.96 Å². The minimum absolute atomic E-state index is 0.466. The predicted molar refractivity (Wildman–Crippen MR) is 105 cm³/mol. The van der Waals surface area contributed by atoms with E-state index in [1.807, 2.05) is 0 Å². The van der Waals surface area contributed by atoms with E-state index in [2.05, 4.69) is 43.2 Å². The van der Waals surface area contributed by atoms with Crippen molar-refractivity contribution in [3.63, 3.8) is 0 Å². The molecule has 1 heterocycles. The van der Waals surface area contributed by atoms with Gasteiger partial charge in [0, 0.05) is 45.6 Å². The fraction of sp³-hybridized carbons (Fsp3) is 0.947. The number of aliphatic imine (C=N–C) groups is 1. The molecule has 2 N–H and O–H groups in total. The van der Waals surface area contributed by atoms with Gasteiger partial charge in [0.25, 0.3) is 0 Å². The quantitative estimate of drug-likeness (QED) is 0.319. The molecule has 1 aliphatic rings. The zero-order valence-corrected chi connectivity index (χ0v) is 16.9. The number of hydrogen-bond donors (Lipinski definition) is 2. The van der Waals surface area contributed by atoms with E-state index >= 15 is 0 Å². The highest BCUT2D eigenvalue weighted by Crippen LogP contribution is 2.14. The molecule has 1 unspecified atom stereocenters. The van der Waals surface area contributed by atoms with E-state index in [9.17, 15) is 0 Å². The van der Waals surface area contributed by atoms with Crippen molar-refractivity contribution in [2.24, 2.45) is 10.9 Å². The Morgan fingerprint density at radius 2 is 1.92 bits per heavy atom. The number of likely N-dealkylation sites (N-methyl/N-ethyl adjacent to an activating group) is 1. The lowest BCUT2D eigenvalue weighted by Gasteiger charge is -2.25. The zero-order valence-electron chi connectivity index (χ0n) is 16.9. The van der Waals surface area contributed by atoms with E-state index < -0.39 is 0 Å². The minimum atomic E-state index is 0.466. The number of ether oxygens (including phenoxy) is 2. The van der Waals surface area contributed by atoms with Crippen LogP contribution in [0.3, 0.4) is 0 Å². The van der Waals surface area contributed by atoms with Gasteiger partial charge in [0.05, 0.1) is 6.54 Å². The first-order chi connectivity index (χ1) is 12.2. The highest BCUT2D eigenvalue weighted by Gasteiger charge is 2.13. The molecule has 1 aliphatic heterocycles. The second-order valence-corrected chi connectivity index (χ2v) is 6.70. The van der Waals surface area contributed by atoms with Crippen LogP contribution < -0.4 is 10.6 Å². The molecule has 1 fully saturated rings. The largest absolute Gasteiger partial charge is 0.381 e. The summed E-state index contributed by atoms with van der Waals surface area (Å²) in [6, 6.07) is 0.466. The van der Waals surface area contributed by atoms with Crippen molar-refractivity contribution < 1.29 is 9.47 Å². The second kappa shape index (κ2) is 14.3. The molecule has 148 valence electrons. The van der Waals surface area contributed by atoms with Gasteiger partial charge in [-0.1, -0.05) is 13.8 Å². The summed E-state index contributed by atoms with van der Waals surface area (Å²) in [5.74, 6) is 1.59. The van der Waals surface area contributed by atoms with Crippen molar-refractivity contribution >= 4 is 5.96 Å². The molecule has 6 heteroatoms. The van der Waals surface area contributed by atoms with Crippen LogP contribution in [0.25, 0.3) is 0 Å². The maximum atomic E-state index is 5.81. The Kier molecular flexibility index (Phi) is 12.7. The highest BCUT2D eigenvalue weighted by molar-refractivity contribution is 5.79. The third-order valence-electron chi connectivity index (χ3n) is 4.75. The first-order valence-electron chi connectivity index (χ1n) is 10.1. The lowest BCUT2D eigenvalue weighted by Crippen LogP contribution is -2.40. The van der Waals surface area contributed by atoms with Crippen LogP contribution in [-0.2, 0) is 9.47 Å². The summed E-state index contributed by atoms with van der Waals surface area (Å²) < 4.78 is 11.2. The molecule has 0 aromatic carbocycles. The summed E-state index contributed by atoms with van der Waals surface area (Å²) in [6.07, 6.45) is 3.28. The molecule has 25 heavy (non-hydrogen) atoms. The summed E-state index contributed by atoms with van der Waals surface area (Å²) in [5.41, 5.74) is 0. The number of rotatable bonds is 12. The maximum absolute atomic E-state index is 5.81. The van der Waals surface area contributed by atoms with Crippen LogP contribution in [0.5, 0.6) is 0 Å². The standard InChI is InChI=1S/C19H40N4O2/c1-5-20-19(22-15-17(4)23(6-2)7-3)21-11-8-12-25-16-18-9-13-24-14-10-18/h17-18H,5-16H2,1-4H3,(H2,20,21,22). The molecule has 6 nitrogen and oxygen atoms in total. The first-order valence-corrected chi connectivity index (χ1v) is 10.1. The van der Waals surface area contributed by atoms with Crippen molar-refractivity contribution in [3.8, 4) is 0 Å². The van der Waals surface area contributed by atoms with Gasteiger partial charge in [0.1, 0.15) is 0 Å². The van der Waals surface area contributed by atoms with Crippen molar-refractivity contribution in [2.45, 2.75) is 53.0 Å². The fourth-order valence-electron chi connectivity index (χ4n) is 3.07. The maximum Gasteiger partial charge on any atom is 0.191 e. The van der Waals surface area contributed by atoms with Crippen LogP contribution in [0.2, 0.25) is 0 Å². The topological polar surface area (TPSA) is 58.1 Å². The van der Waals surface area contributed by atoms with Crippen LogP contribution in [0.15, 0.2) is 4.99 Å². The Bertz CT molecular complexity index is 342. The monoisotopic (exact) mass is 356 g/mol. The van der Waals surface area contributed by atoms with Crippen molar-refractivity contribution in [3.05, 3.63) is 0 Å². The Hall–Kier alpha value is -0.850. The average Bonchev–Trinajstić information content (AvgIpc) is 2.64. The van der Waals surface area contributed by atoms with Crippen LogP contribution >= 0.6 is 0 Å². The molecular formula is C19H40N4O2. The molecule has 1 rings (SSSR count). The number of hydrogen-bond acceptors (Lipinski definition) is 4. The third kappa shape index (κ3) is 10.0. The molecule has 1 atom stereocenters. The lowest BCUT2D eigenvalue weighted by atomic mass is 10.0. The molecular weight excluding hydrogens is 316 g/mol. The Morgan fingerprint density at radius 1 is 1.20 bits per heavy atom. The van der Waals surface area contributed by atoms with Crippen molar-refractivity contribution in [1.82, 2.24) is 15.5 Å². The molecule has 0 radical (unpaired) electrons. The summed E-state index contributed by atoms with van der Waals surface area (Å²) in [7, 11) is 0. The molecule has 0 aliphatic carbocycles. The van der Waals surface area contributed by atoms with E-state index in [-0.39, 0.29) is 0 Å². The SMILES string of the molecule is CCNC(=NCC(C)N(CC)CC)NCCCOCC1CCOCC1. The molecule has 0 amide bonds. The van der Waals surface area contributed by atoms with E-state index in [0.29, 0.717) is 12.0 Å². The summed E-state index contributed by atoms with van der Waals surface area (Å²) in [6.45, 7) is 16.9. The van der Waals surface area contributed by atoms with Crippen LogP contribution in [0.1, 0.15) is 47.0 Å². The Labute approximate surface area is 154 Å². The second-order valence-electron chi connectivity index (χ2n) is 6.70. The highest BCUT2D eigenvalue weighted by atomic mass is 16.5. The van der Waals surface area contributed by atoms with Gasteiger partial charge in [0.2, 0.25) is 0 Å². The zero-order chi connectivity index (χ0) is 18.3. The van der Waals surface area contributed by atoms with Crippen molar-refractivity contribution in [2.75, 3.05) is 59.2 Å². The van der Waals surface area contributed by atoms with Crippen LogP contribution in [0, 0.1) is 5.92 Å². The van der Waals surface area contributed by atoms with Gasteiger partial charge in [-0.2, -0.15) is 0 Å². The van der Waals surface area contributed by atoms with Gasteiger partial charge >= 0.3 is 0 Å².